The number of rotatable bonds is 3. The van der Waals surface area contributed by atoms with Crippen LogP contribution in [0.4, 0.5) is 5.69 Å². The van der Waals surface area contributed by atoms with Crippen molar-refractivity contribution >= 4 is 28.9 Å². The van der Waals surface area contributed by atoms with E-state index < -0.39 is 16.9 Å². The van der Waals surface area contributed by atoms with Crippen molar-refractivity contribution in [3.05, 3.63) is 51.2 Å². The number of benzene rings is 1. The first-order valence-corrected chi connectivity index (χ1v) is 6.13. The van der Waals surface area contributed by atoms with Crippen LogP contribution >= 0.6 is 12.2 Å². The number of nitro groups is 1. The lowest BCUT2D eigenvalue weighted by atomic mass is 9.95. The number of hydrogen-bond donors (Lipinski definition) is 3. The van der Waals surface area contributed by atoms with Gasteiger partial charge in [-0.3, -0.25) is 14.9 Å². The molecule has 0 aromatic heterocycles. The third-order valence-corrected chi connectivity index (χ3v) is 3.19. The van der Waals surface area contributed by atoms with Crippen molar-refractivity contribution in [2.45, 2.75) is 13.0 Å². The average Bonchev–Trinajstić information content (AvgIpc) is 2.37. The zero-order valence-corrected chi connectivity index (χ0v) is 11.4. The van der Waals surface area contributed by atoms with Gasteiger partial charge < -0.3 is 16.4 Å². The Morgan fingerprint density at radius 2 is 2.00 bits per heavy atom. The van der Waals surface area contributed by atoms with Crippen LogP contribution in [-0.2, 0) is 4.79 Å². The van der Waals surface area contributed by atoms with E-state index in [1.165, 1.54) is 12.1 Å². The smallest absolute Gasteiger partial charge is 0.269 e. The summed E-state index contributed by atoms with van der Waals surface area (Å²) >= 11 is 5.05. The Kier molecular flexibility index (Phi) is 3.66. The molecule has 0 spiro atoms. The van der Waals surface area contributed by atoms with Gasteiger partial charge in [0.05, 0.1) is 16.5 Å². The minimum Gasteiger partial charge on any atom is -0.366 e. The molecule has 104 valence electrons. The number of amides is 1. The van der Waals surface area contributed by atoms with Crippen molar-refractivity contribution in [2.75, 3.05) is 0 Å². The van der Waals surface area contributed by atoms with Gasteiger partial charge in [0.2, 0.25) is 5.91 Å². The van der Waals surface area contributed by atoms with Crippen LogP contribution in [-0.4, -0.2) is 15.9 Å². The number of nitrogens with zero attached hydrogens (tertiary/aromatic N) is 1. The van der Waals surface area contributed by atoms with Gasteiger partial charge in [-0.2, -0.15) is 0 Å². The van der Waals surface area contributed by atoms with E-state index in [1.54, 1.807) is 19.1 Å². The molecule has 1 aromatic rings. The molecule has 1 unspecified atom stereocenters. The van der Waals surface area contributed by atoms with Gasteiger partial charge in [0.1, 0.15) is 0 Å². The largest absolute Gasteiger partial charge is 0.366 e. The van der Waals surface area contributed by atoms with Crippen LogP contribution in [0.2, 0.25) is 0 Å². The maximum Gasteiger partial charge on any atom is 0.269 e. The highest BCUT2D eigenvalue weighted by molar-refractivity contribution is 7.80. The molecule has 0 saturated carbocycles. The van der Waals surface area contributed by atoms with Crippen LogP contribution < -0.4 is 16.4 Å². The summed E-state index contributed by atoms with van der Waals surface area (Å²) in [5.41, 5.74) is 6.96. The second-order valence-electron chi connectivity index (χ2n) is 4.28. The molecule has 1 heterocycles. The Labute approximate surface area is 120 Å². The Balaban J connectivity index is 2.43. The molecule has 4 N–H and O–H groups in total. The van der Waals surface area contributed by atoms with Crippen LogP contribution in [0.3, 0.4) is 0 Å². The molecular formula is C12H12N4O3S. The summed E-state index contributed by atoms with van der Waals surface area (Å²) in [6, 6.07) is 5.37. The van der Waals surface area contributed by atoms with Crippen molar-refractivity contribution in [2.24, 2.45) is 5.73 Å². The normalized spacial score (nSPS) is 18.2. The van der Waals surface area contributed by atoms with Crippen LogP contribution in [0.1, 0.15) is 18.5 Å². The fourth-order valence-electron chi connectivity index (χ4n) is 2.06. The number of nitro benzene ring substituents is 1. The van der Waals surface area contributed by atoms with E-state index in [2.05, 4.69) is 10.6 Å². The average molecular weight is 292 g/mol. The minimum atomic E-state index is -0.576. The summed E-state index contributed by atoms with van der Waals surface area (Å²) in [7, 11) is 0. The molecule has 7 nitrogen and oxygen atoms in total. The van der Waals surface area contributed by atoms with Crippen LogP contribution in [0, 0.1) is 10.1 Å². The van der Waals surface area contributed by atoms with Crippen molar-refractivity contribution in [1.29, 1.82) is 0 Å². The Morgan fingerprint density at radius 1 is 1.40 bits per heavy atom. The van der Waals surface area contributed by atoms with E-state index in [4.69, 9.17) is 18.0 Å². The fraction of sp³-hybridized carbons (Fsp3) is 0.167. The number of non-ortho nitro benzene ring substituents is 1. The van der Waals surface area contributed by atoms with Gasteiger partial charge in [0.15, 0.2) is 5.11 Å². The molecule has 1 aromatic carbocycles. The molecule has 1 aliphatic rings. The van der Waals surface area contributed by atoms with E-state index in [-0.39, 0.29) is 5.69 Å². The van der Waals surface area contributed by atoms with Gasteiger partial charge in [-0.25, -0.2) is 0 Å². The summed E-state index contributed by atoms with van der Waals surface area (Å²) in [5, 5.41) is 16.8. The lowest BCUT2D eigenvalue weighted by molar-refractivity contribution is -0.384. The highest BCUT2D eigenvalue weighted by atomic mass is 32.1. The first kappa shape index (κ1) is 13.9. The highest BCUT2D eigenvalue weighted by Gasteiger charge is 2.28. The summed E-state index contributed by atoms with van der Waals surface area (Å²) in [4.78, 5) is 21.7. The Hall–Kier alpha value is -2.48. The molecule has 1 atom stereocenters. The van der Waals surface area contributed by atoms with E-state index in [0.717, 1.165) is 0 Å². The predicted molar refractivity (Wildman–Crippen MR) is 76.6 cm³/mol. The monoisotopic (exact) mass is 292 g/mol. The second-order valence-corrected chi connectivity index (χ2v) is 4.69. The van der Waals surface area contributed by atoms with E-state index in [9.17, 15) is 14.9 Å². The predicted octanol–water partition coefficient (Wildman–Crippen LogP) is 0.873. The molecule has 20 heavy (non-hydrogen) atoms. The molecular weight excluding hydrogens is 280 g/mol. The Bertz CT molecular complexity index is 624. The van der Waals surface area contributed by atoms with Gasteiger partial charge in [-0.15, -0.1) is 0 Å². The molecule has 0 bridgehead atoms. The first-order valence-electron chi connectivity index (χ1n) is 5.72. The number of hydrogen-bond acceptors (Lipinski definition) is 4. The topological polar surface area (TPSA) is 110 Å². The molecule has 2 rings (SSSR count). The number of nitrogens with one attached hydrogen (secondary N) is 2. The maximum absolute atomic E-state index is 11.6. The maximum atomic E-state index is 11.6. The quantitative estimate of drug-likeness (QED) is 0.433. The van der Waals surface area contributed by atoms with Gasteiger partial charge in [-0.05, 0) is 36.8 Å². The molecule has 1 aliphatic heterocycles. The van der Waals surface area contributed by atoms with E-state index in [0.29, 0.717) is 21.9 Å². The molecule has 0 radical (unpaired) electrons. The van der Waals surface area contributed by atoms with Crippen LogP contribution in [0.5, 0.6) is 0 Å². The highest BCUT2D eigenvalue weighted by Crippen LogP contribution is 2.27. The molecule has 8 heteroatoms. The van der Waals surface area contributed by atoms with E-state index >= 15 is 0 Å². The zero-order valence-electron chi connectivity index (χ0n) is 10.5. The summed E-state index contributed by atoms with van der Waals surface area (Å²) in [5.74, 6) is -0.576. The van der Waals surface area contributed by atoms with Crippen molar-refractivity contribution in [3.8, 4) is 0 Å². The third-order valence-electron chi connectivity index (χ3n) is 2.97. The van der Waals surface area contributed by atoms with Crippen molar-refractivity contribution in [3.63, 3.8) is 0 Å². The summed E-state index contributed by atoms with van der Waals surface area (Å²) in [6.07, 6.45) is 0. The molecule has 0 saturated heterocycles. The number of allylic oxidation sites excluding steroid dienone is 1. The van der Waals surface area contributed by atoms with Crippen molar-refractivity contribution < 1.29 is 9.72 Å². The van der Waals surface area contributed by atoms with Crippen LogP contribution in [0.15, 0.2) is 35.5 Å². The number of primary amides is 1. The van der Waals surface area contributed by atoms with Gasteiger partial charge in [0.25, 0.3) is 5.69 Å². The lowest BCUT2D eigenvalue weighted by Crippen LogP contribution is -2.46. The first-order chi connectivity index (χ1) is 9.40. The fourth-order valence-corrected chi connectivity index (χ4v) is 2.33. The lowest BCUT2D eigenvalue weighted by Gasteiger charge is -2.29. The standard InChI is InChI=1S/C12H12N4O3S/c1-6-9(11(13)17)10(15-12(20)14-6)7-2-4-8(5-3-7)16(18)19/h2-5,10H,1H3,(H2,13,17)(H2,14,15,20). The second kappa shape index (κ2) is 5.25. The number of carbonyl (C=O) groups is 1. The number of carbonyl (C=O) groups excluding carboxylic acids is 1. The third kappa shape index (κ3) is 2.59. The van der Waals surface area contributed by atoms with Crippen LogP contribution in [0.25, 0.3) is 0 Å². The van der Waals surface area contributed by atoms with Gasteiger partial charge in [0, 0.05) is 17.8 Å². The van der Waals surface area contributed by atoms with Gasteiger partial charge >= 0.3 is 0 Å². The number of nitrogens with two attached hydrogens (primary N) is 1. The molecule has 1 amide bonds. The molecule has 0 aliphatic carbocycles. The summed E-state index contributed by atoms with van der Waals surface area (Å²) < 4.78 is 0. The Morgan fingerprint density at radius 3 is 2.50 bits per heavy atom. The molecule has 0 fully saturated rings. The summed E-state index contributed by atoms with van der Waals surface area (Å²) in [6.45, 7) is 1.70. The van der Waals surface area contributed by atoms with E-state index in [1.807, 2.05) is 0 Å². The number of thiocarbonyl (C=S) groups is 1. The van der Waals surface area contributed by atoms with Crippen molar-refractivity contribution in [1.82, 2.24) is 10.6 Å². The SMILES string of the molecule is CC1=C(C(N)=O)C(c2ccc([N+](=O)[O-])cc2)NC(=S)N1. The minimum absolute atomic E-state index is 0.0217. The van der Waals surface area contributed by atoms with Gasteiger partial charge in [-0.1, -0.05) is 0 Å². The zero-order chi connectivity index (χ0) is 14.9.